The molecule has 2 N–H and O–H groups in total. The lowest BCUT2D eigenvalue weighted by Crippen LogP contribution is -2.52. The molecule has 3 atom stereocenters. The molecule has 3 aromatic heterocycles. The van der Waals surface area contributed by atoms with Gasteiger partial charge < -0.3 is 29.6 Å². The predicted molar refractivity (Wildman–Crippen MR) is 169 cm³/mol. The van der Waals surface area contributed by atoms with Crippen molar-refractivity contribution in [3.05, 3.63) is 53.2 Å². The average Bonchev–Trinajstić information content (AvgIpc) is 3.66. The number of fused-ring (bicyclic) bond motifs is 2. The van der Waals surface area contributed by atoms with Crippen LogP contribution in [0.25, 0.3) is 27.8 Å². The first-order valence-electron chi connectivity index (χ1n) is 15.9. The van der Waals surface area contributed by atoms with Gasteiger partial charge in [-0.2, -0.15) is 5.10 Å². The number of hydrogen-bond donors (Lipinski definition) is 1. The van der Waals surface area contributed by atoms with Crippen molar-refractivity contribution >= 4 is 28.2 Å². The number of piperidine rings is 1. The molecule has 0 radical (unpaired) electrons. The summed E-state index contributed by atoms with van der Waals surface area (Å²) < 4.78 is 29.5. The third-order valence-corrected chi connectivity index (χ3v) is 9.78. The van der Waals surface area contributed by atoms with Crippen LogP contribution in [0.15, 0.2) is 36.5 Å². The first-order valence-corrected chi connectivity index (χ1v) is 15.9. The Morgan fingerprint density at radius 3 is 2.56 bits per heavy atom. The monoisotopic (exact) mass is 616 g/mol. The number of amides is 2. The molecule has 0 bridgehead atoms. The lowest BCUT2D eigenvalue weighted by molar-refractivity contribution is -0.145. The largest absolute Gasteiger partial charge is 0.494 e. The molecular weight excluding hydrogens is 575 g/mol. The zero-order chi connectivity index (χ0) is 31.6. The molecule has 3 fully saturated rings. The van der Waals surface area contributed by atoms with Crippen molar-refractivity contribution in [2.24, 2.45) is 11.7 Å². The number of pyridine rings is 1. The van der Waals surface area contributed by atoms with Crippen molar-refractivity contribution in [1.82, 2.24) is 24.0 Å². The minimum absolute atomic E-state index is 0.0229. The SMILES string of the molecule is COc1cc(C(=O)N2C[C@H](N)C[C@@H](F)C2)cn2nc(-c3cc4cccc(C5CN(C(=O)C(C)OC)C5)c4n3CC3CC3)c(C)c12. The Bertz CT molecular complexity index is 1780. The quantitative estimate of drug-likeness (QED) is 0.319. The summed E-state index contributed by atoms with van der Waals surface area (Å²) in [6.45, 7) is 6.38. The minimum atomic E-state index is -1.14. The van der Waals surface area contributed by atoms with Gasteiger partial charge in [-0.05, 0) is 56.7 Å². The third-order valence-electron chi connectivity index (χ3n) is 9.78. The van der Waals surface area contributed by atoms with E-state index in [0.717, 1.165) is 34.4 Å². The van der Waals surface area contributed by atoms with Gasteiger partial charge in [0.05, 0.1) is 30.4 Å². The van der Waals surface area contributed by atoms with Crippen LogP contribution in [-0.4, -0.2) is 94.5 Å². The number of methoxy groups -OCH3 is 2. The van der Waals surface area contributed by atoms with Crippen LogP contribution in [0.3, 0.4) is 0 Å². The van der Waals surface area contributed by atoms with E-state index in [1.54, 1.807) is 37.9 Å². The number of hydrogen-bond acceptors (Lipinski definition) is 6. The average molecular weight is 617 g/mol. The van der Waals surface area contributed by atoms with Gasteiger partial charge >= 0.3 is 0 Å². The van der Waals surface area contributed by atoms with Crippen LogP contribution in [0, 0.1) is 12.8 Å². The second kappa shape index (κ2) is 11.4. The third kappa shape index (κ3) is 5.25. The number of para-hydroxylation sites is 1. The van der Waals surface area contributed by atoms with Crippen molar-refractivity contribution in [2.45, 2.75) is 63.9 Å². The maximum absolute atomic E-state index is 14.3. The zero-order valence-corrected chi connectivity index (χ0v) is 26.3. The van der Waals surface area contributed by atoms with Crippen molar-refractivity contribution in [3.63, 3.8) is 0 Å². The Morgan fingerprint density at radius 1 is 1.09 bits per heavy atom. The van der Waals surface area contributed by atoms with Gasteiger partial charge in [-0.3, -0.25) is 9.59 Å². The molecular formula is C34H41FN6O4. The molecule has 10 nitrogen and oxygen atoms in total. The molecule has 1 aliphatic carbocycles. The standard InChI is InChI=1S/C34H41FN6O4/c1-19-30(37-41-16-23(11-29(45-4)31(19)41)34(43)39-17-25(35)12-26(36)18-39)28-10-22-6-5-7-27(32(22)40(28)13-21-8-9-21)24-14-38(15-24)33(42)20(2)44-3/h5-7,10-11,16,20-21,24-26H,8-9,12-15,17-18,36H2,1-4H3/t20?,25-,26-/m1/s1. The van der Waals surface area contributed by atoms with E-state index < -0.39 is 18.3 Å². The molecule has 238 valence electrons. The van der Waals surface area contributed by atoms with Gasteiger partial charge in [0.2, 0.25) is 0 Å². The molecule has 4 aromatic rings. The molecule has 45 heavy (non-hydrogen) atoms. The number of benzene rings is 1. The Hall–Kier alpha value is -3.96. The van der Waals surface area contributed by atoms with Crippen molar-refractivity contribution in [1.29, 1.82) is 0 Å². The molecule has 5 heterocycles. The Morgan fingerprint density at radius 2 is 1.87 bits per heavy atom. The first-order chi connectivity index (χ1) is 21.7. The number of carbonyl (C=O) groups excluding carboxylic acids is 2. The molecule has 7 rings (SSSR count). The van der Waals surface area contributed by atoms with Crippen LogP contribution in [0.2, 0.25) is 0 Å². The highest BCUT2D eigenvalue weighted by atomic mass is 19.1. The summed E-state index contributed by atoms with van der Waals surface area (Å²) in [5, 5.41) is 6.18. The van der Waals surface area contributed by atoms with E-state index in [-0.39, 0.29) is 30.7 Å². The maximum atomic E-state index is 14.3. The van der Waals surface area contributed by atoms with Crippen molar-refractivity contribution in [2.75, 3.05) is 40.4 Å². The van der Waals surface area contributed by atoms with Crippen LogP contribution < -0.4 is 10.5 Å². The van der Waals surface area contributed by atoms with Gasteiger partial charge in [-0.1, -0.05) is 18.2 Å². The number of rotatable bonds is 8. The number of aryl methyl sites for hydroxylation is 1. The second-order valence-corrected chi connectivity index (χ2v) is 13.1. The first kappa shape index (κ1) is 29.7. The number of ether oxygens (including phenoxy) is 2. The molecule has 0 spiro atoms. The topological polar surface area (TPSA) is 107 Å². The summed E-state index contributed by atoms with van der Waals surface area (Å²) in [6.07, 6.45) is 2.78. The van der Waals surface area contributed by atoms with E-state index in [1.165, 1.54) is 28.8 Å². The lowest BCUT2D eigenvalue weighted by Gasteiger charge is -2.41. The second-order valence-electron chi connectivity index (χ2n) is 13.1. The number of carbonyl (C=O) groups is 2. The van der Waals surface area contributed by atoms with Crippen LogP contribution in [0.4, 0.5) is 4.39 Å². The predicted octanol–water partition coefficient (Wildman–Crippen LogP) is 4.16. The molecule has 2 aliphatic heterocycles. The number of nitrogens with zero attached hydrogens (tertiary/aromatic N) is 5. The fourth-order valence-corrected chi connectivity index (χ4v) is 7.07. The van der Waals surface area contributed by atoms with Crippen LogP contribution in [0.5, 0.6) is 5.75 Å². The number of alkyl halides is 1. The smallest absolute Gasteiger partial charge is 0.255 e. The lowest BCUT2D eigenvalue weighted by atomic mass is 9.89. The Kier molecular flexibility index (Phi) is 7.56. The Labute approximate surface area is 261 Å². The Balaban J connectivity index is 1.29. The van der Waals surface area contributed by atoms with Crippen molar-refractivity contribution < 1.29 is 23.5 Å². The highest BCUT2D eigenvalue weighted by Gasteiger charge is 2.36. The van der Waals surface area contributed by atoms with E-state index in [0.29, 0.717) is 36.9 Å². The summed E-state index contributed by atoms with van der Waals surface area (Å²) in [4.78, 5) is 29.5. The van der Waals surface area contributed by atoms with Gasteiger partial charge in [0, 0.05) is 62.4 Å². The number of halogens is 1. The van der Waals surface area contributed by atoms with Crippen LogP contribution in [0.1, 0.15) is 53.6 Å². The summed E-state index contributed by atoms with van der Waals surface area (Å²) >= 11 is 0. The van der Waals surface area contributed by atoms with Gasteiger partial charge in [0.15, 0.2) is 0 Å². The molecule has 11 heteroatoms. The van der Waals surface area contributed by atoms with Gasteiger partial charge in [0.25, 0.3) is 11.8 Å². The van der Waals surface area contributed by atoms with E-state index in [9.17, 15) is 14.0 Å². The molecule has 1 aromatic carbocycles. The molecule has 2 amide bonds. The fourth-order valence-electron chi connectivity index (χ4n) is 7.07. The van der Waals surface area contributed by atoms with E-state index in [1.807, 2.05) is 11.8 Å². The minimum Gasteiger partial charge on any atom is -0.494 e. The van der Waals surface area contributed by atoms with Gasteiger partial charge in [-0.15, -0.1) is 0 Å². The molecule has 1 unspecified atom stereocenters. The normalized spacial score (nSPS) is 21.4. The zero-order valence-electron chi connectivity index (χ0n) is 26.3. The molecule has 3 aliphatic rings. The van der Waals surface area contributed by atoms with Crippen LogP contribution in [-0.2, 0) is 16.1 Å². The molecule has 2 saturated heterocycles. The summed E-state index contributed by atoms with van der Waals surface area (Å²) in [5.41, 5.74) is 12.4. The van der Waals surface area contributed by atoms with Crippen molar-refractivity contribution in [3.8, 4) is 17.1 Å². The van der Waals surface area contributed by atoms with Gasteiger partial charge in [0.1, 0.15) is 29.2 Å². The number of aromatic nitrogens is 3. The number of nitrogens with two attached hydrogens (primary N) is 1. The summed E-state index contributed by atoms with van der Waals surface area (Å²) in [5.74, 6) is 1.12. The summed E-state index contributed by atoms with van der Waals surface area (Å²) in [6, 6.07) is 9.96. The van der Waals surface area contributed by atoms with E-state index in [2.05, 4.69) is 28.8 Å². The highest BCUT2D eigenvalue weighted by Crippen LogP contribution is 2.41. The van der Waals surface area contributed by atoms with Gasteiger partial charge in [-0.25, -0.2) is 8.91 Å². The summed E-state index contributed by atoms with van der Waals surface area (Å²) in [7, 11) is 3.15. The van der Waals surface area contributed by atoms with E-state index >= 15 is 0 Å². The number of likely N-dealkylation sites (tertiary alicyclic amines) is 2. The molecule has 1 saturated carbocycles. The van der Waals surface area contributed by atoms with Crippen LogP contribution >= 0.6 is 0 Å². The highest BCUT2D eigenvalue weighted by molar-refractivity contribution is 5.96. The van der Waals surface area contributed by atoms with E-state index in [4.69, 9.17) is 20.3 Å². The maximum Gasteiger partial charge on any atom is 0.255 e. The fraction of sp³-hybridized carbons (Fsp3) is 0.500.